The van der Waals surface area contributed by atoms with Crippen LogP contribution >= 0.6 is 0 Å². The molecule has 4 rings (SSSR count). The Kier molecular flexibility index (Phi) is 4.31. The topological polar surface area (TPSA) is 77.2 Å². The number of nitrogens with one attached hydrogen (secondary N) is 1. The van der Waals surface area contributed by atoms with Crippen molar-refractivity contribution in [3.8, 4) is 11.4 Å². The van der Waals surface area contributed by atoms with Gasteiger partial charge in [-0.15, -0.1) is 15.3 Å². The highest BCUT2D eigenvalue weighted by atomic mass is 16.5. The number of rotatable bonds is 6. The van der Waals surface area contributed by atoms with E-state index < -0.39 is 0 Å². The molecule has 1 fully saturated rings. The van der Waals surface area contributed by atoms with Crippen molar-refractivity contribution in [3.05, 3.63) is 36.7 Å². The fraction of sp³-hybridized carbons (Fsp3) is 0.444. The highest BCUT2D eigenvalue weighted by Gasteiger charge is 2.34. The number of fused-ring (bicyclic) bond motifs is 1. The Morgan fingerprint density at radius 2 is 1.92 bits per heavy atom. The third kappa shape index (κ3) is 3.19. The van der Waals surface area contributed by atoms with E-state index in [1.165, 1.54) is 12.8 Å². The Balaban J connectivity index is 1.58. The first kappa shape index (κ1) is 16.0. The normalized spacial score (nSPS) is 16.4. The molecule has 3 aromatic heterocycles. The zero-order valence-corrected chi connectivity index (χ0v) is 14.4. The van der Waals surface area contributed by atoms with Crippen molar-refractivity contribution in [1.29, 1.82) is 0 Å². The molecule has 130 valence electrons. The first-order chi connectivity index (χ1) is 12.3. The molecule has 0 saturated heterocycles. The summed E-state index contributed by atoms with van der Waals surface area (Å²) in [5.41, 5.74) is 1.60. The second-order valence-corrected chi connectivity index (χ2v) is 6.42. The summed E-state index contributed by atoms with van der Waals surface area (Å²) < 4.78 is 7.81. The molecule has 0 aromatic carbocycles. The van der Waals surface area contributed by atoms with Crippen molar-refractivity contribution in [1.82, 2.24) is 24.8 Å². The minimum atomic E-state index is -0.0630. The SMILES string of the molecule is CCOC1(CNc2ccc3nnc(-c4ccncc4)n3n2)CCCC1. The van der Waals surface area contributed by atoms with Gasteiger partial charge in [0.2, 0.25) is 0 Å². The highest BCUT2D eigenvalue weighted by molar-refractivity contribution is 5.58. The number of anilines is 1. The summed E-state index contributed by atoms with van der Waals surface area (Å²) >= 11 is 0. The van der Waals surface area contributed by atoms with Gasteiger partial charge in [0.05, 0.1) is 5.60 Å². The predicted molar refractivity (Wildman–Crippen MR) is 95.3 cm³/mol. The molecule has 1 aliphatic carbocycles. The van der Waals surface area contributed by atoms with Crippen molar-refractivity contribution >= 4 is 11.5 Å². The summed E-state index contributed by atoms with van der Waals surface area (Å²) in [6.45, 7) is 3.57. The Morgan fingerprint density at radius 1 is 1.12 bits per heavy atom. The van der Waals surface area contributed by atoms with E-state index in [0.717, 1.165) is 43.0 Å². The van der Waals surface area contributed by atoms with Gasteiger partial charge in [-0.3, -0.25) is 4.98 Å². The molecule has 25 heavy (non-hydrogen) atoms. The minimum Gasteiger partial charge on any atom is -0.373 e. The van der Waals surface area contributed by atoms with Gasteiger partial charge in [-0.25, -0.2) is 0 Å². The molecule has 0 aliphatic heterocycles. The Bertz CT molecular complexity index is 841. The number of hydrogen-bond donors (Lipinski definition) is 1. The number of ether oxygens (including phenoxy) is 1. The molecule has 7 heteroatoms. The van der Waals surface area contributed by atoms with E-state index in [1.54, 1.807) is 16.9 Å². The molecule has 1 N–H and O–H groups in total. The van der Waals surface area contributed by atoms with Crippen LogP contribution in [0.5, 0.6) is 0 Å². The van der Waals surface area contributed by atoms with E-state index in [1.807, 2.05) is 24.3 Å². The van der Waals surface area contributed by atoms with Gasteiger partial charge in [-0.1, -0.05) is 12.8 Å². The van der Waals surface area contributed by atoms with E-state index in [9.17, 15) is 0 Å². The molecule has 0 unspecified atom stereocenters. The van der Waals surface area contributed by atoms with Gasteiger partial charge in [-0.05, 0) is 44.0 Å². The number of hydrogen-bond acceptors (Lipinski definition) is 6. The second kappa shape index (κ2) is 6.76. The van der Waals surface area contributed by atoms with Crippen molar-refractivity contribution in [3.63, 3.8) is 0 Å². The lowest BCUT2D eigenvalue weighted by molar-refractivity contribution is -0.0234. The zero-order chi connectivity index (χ0) is 17.1. The fourth-order valence-electron chi connectivity index (χ4n) is 3.51. The first-order valence-electron chi connectivity index (χ1n) is 8.80. The number of pyridine rings is 1. The molecule has 3 heterocycles. The zero-order valence-electron chi connectivity index (χ0n) is 14.4. The highest BCUT2D eigenvalue weighted by Crippen LogP contribution is 2.33. The Labute approximate surface area is 146 Å². The summed E-state index contributed by atoms with van der Waals surface area (Å²) in [6.07, 6.45) is 8.14. The van der Waals surface area contributed by atoms with Gasteiger partial charge in [0.1, 0.15) is 5.82 Å². The van der Waals surface area contributed by atoms with Crippen LogP contribution in [0.3, 0.4) is 0 Å². The van der Waals surface area contributed by atoms with Gasteiger partial charge in [0.25, 0.3) is 0 Å². The smallest absolute Gasteiger partial charge is 0.185 e. The van der Waals surface area contributed by atoms with Crippen molar-refractivity contribution < 1.29 is 4.74 Å². The summed E-state index contributed by atoms with van der Waals surface area (Å²) in [7, 11) is 0. The molecule has 3 aromatic rings. The van der Waals surface area contributed by atoms with Crippen LogP contribution in [-0.2, 0) is 4.74 Å². The molecule has 0 bridgehead atoms. The average molecular weight is 338 g/mol. The predicted octanol–water partition coefficient (Wildman–Crippen LogP) is 2.95. The third-order valence-electron chi connectivity index (χ3n) is 4.76. The van der Waals surface area contributed by atoms with Crippen molar-refractivity contribution in [2.45, 2.75) is 38.2 Å². The molecule has 0 spiro atoms. The van der Waals surface area contributed by atoms with Gasteiger partial charge in [0, 0.05) is 31.1 Å². The van der Waals surface area contributed by atoms with Crippen LogP contribution in [0.2, 0.25) is 0 Å². The molecule has 0 atom stereocenters. The number of nitrogens with zero attached hydrogens (tertiary/aromatic N) is 5. The van der Waals surface area contributed by atoms with Crippen LogP contribution in [0, 0.1) is 0 Å². The largest absolute Gasteiger partial charge is 0.373 e. The molecular weight excluding hydrogens is 316 g/mol. The van der Waals surface area contributed by atoms with Crippen LogP contribution in [0.1, 0.15) is 32.6 Å². The van der Waals surface area contributed by atoms with E-state index in [-0.39, 0.29) is 5.60 Å². The minimum absolute atomic E-state index is 0.0630. The molecular formula is C18H22N6O. The maximum Gasteiger partial charge on any atom is 0.185 e. The third-order valence-corrected chi connectivity index (χ3v) is 4.76. The maximum atomic E-state index is 6.05. The van der Waals surface area contributed by atoms with Crippen LogP contribution in [0.15, 0.2) is 36.7 Å². The standard InChI is InChI=1S/C18H22N6O/c1-2-25-18(9-3-4-10-18)13-20-15-5-6-16-21-22-17(24(16)23-15)14-7-11-19-12-8-14/h5-8,11-12H,2-4,9-10,13H2,1H3,(H,20,23). The quantitative estimate of drug-likeness (QED) is 0.744. The number of aromatic nitrogens is 5. The lowest BCUT2D eigenvalue weighted by Gasteiger charge is -2.29. The first-order valence-corrected chi connectivity index (χ1v) is 8.80. The van der Waals surface area contributed by atoms with Gasteiger partial charge in [0.15, 0.2) is 11.5 Å². The summed E-state index contributed by atoms with van der Waals surface area (Å²) in [6, 6.07) is 7.67. The second-order valence-electron chi connectivity index (χ2n) is 6.42. The van der Waals surface area contributed by atoms with Gasteiger partial charge < -0.3 is 10.1 Å². The van der Waals surface area contributed by atoms with Gasteiger partial charge >= 0.3 is 0 Å². The molecule has 1 aliphatic rings. The van der Waals surface area contributed by atoms with Crippen LogP contribution in [0.25, 0.3) is 17.0 Å². The van der Waals surface area contributed by atoms with Crippen LogP contribution in [-0.4, -0.2) is 43.5 Å². The monoisotopic (exact) mass is 338 g/mol. The van der Waals surface area contributed by atoms with E-state index in [0.29, 0.717) is 5.82 Å². The van der Waals surface area contributed by atoms with Crippen molar-refractivity contribution in [2.75, 3.05) is 18.5 Å². The molecule has 0 amide bonds. The molecule has 0 radical (unpaired) electrons. The van der Waals surface area contributed by atoms with Gasteiger partial charge in [-0.2, -0.15) is 4.52 Å². The Morgan fingerprint density at radius 3 is 2.68 bits per heavy atom. The van der Waals surface area contributed by atoms with Crippen molar-refractivity contribution in [2.24, 2.45) is 0 Å². The maximum absolute atomic E-state index is 6.05. The average Bonchev–Trinajstić information content (AvgIpc) is 3.28. The fourth-order valence-corrected chi connectivity index (χ4v) is 3.51. The summed E-state index contributed by atoms with van der Waals surface area (Å²) in [5.74, 6) is 1.51. The van der Waals surface area contributed by atoms with Crippen LogP contribution in [0.4, 0.5) is 5.82 Å². The van der Waals surface area contributed by atoms with Crippen LogP contribution < -0.4 is 5.32 Å². The van der Waals surface area contributed by atoms with E-state index in [2.05, 4.69) is 32.5 Å². The Hall–Kier alpha value is -2.54. The molecule has 1 saturated carbocycles. The lowest BCUT2D eigenvalue weighted by atomic mass is 10.0. The van der Waals surface area contributed by atoms with E-state index >= 15 is 0 Å². The molecule has 7 nitrogen and oxygen atoms in total. The lowest BCUT2D eigenvalue weighted by Crippen LogP contribution is -2.37. The summed E-state index contributed by atoms with van der Waals surface area (Å²) in [5, 5.41) is 16.6. The van der Waals surface area contributed by atoms with E-state index in [4.69, 9.17) is 4.74 Å². The summed E-state index contributed by atoms with van der Waals surface area (Å²) in [4.78, 5) is 4.05.